The molecule has 0 saturated carbocycles. The molecule has 26 heavy (non-hydrogen) atoms. The van der Waals surface area contributed by atoms with Crippen molar-refractivity contribution in [2.75, 3.05) is 7.11 Å². The SMILES string of the molecule is COC(=O)C(CC(C)C)NC(=O)c1ccc(-n2nc(C)c(Br)c2C)cc1. The molecule has 1 aromatic carbocycles. The van der Waals surface area contributed by atoms with Gasteiger partial charge in [-0.3, -0.25) is 4.79 Å². The Morgan fingerprint density at radius 1 is 1.23 bits per heavy atom. The highest BCUT2D eigenvalue weighted by Gasteiger charge is 2.23. The largest absolute Gasteiger partial charge is 0.467 e. The Morgan fingerprint density at radius 2 is 1.85 bits per heavy atom. The number of ether oxygens (including phenoxy) is 1. The molecule has 0 aliphatic rings. The molecular weight excluding hydrogens is 398 g/mol. The van der Waals surface area contributed by atoms with Crippen LogP contribution in [0.5, 0.6) is 0 Å². The van der Waals surface area contributed by atoms with E-state index in [0.29, 0.717) is 12.0 Å². The molecule has 0 saturated heterocycles. The number of carbonyl (C=O) groups is 2. The van der Waals surface area contributed by atoms with Crippen molar-refractivity contribution < 1.29 is 14.3 Å². The molecule has 140 valence electrons. The second-order valence-electron chi connectivity index (χ2n) is 6.62. The Hall–Kier alpha value is -2.15. The van der Waals surface area contributed by atoms with Crippen molar-refractivity contribution in [2.24, 2.45) is 5.92 Å². The van der Waals surface area contributed by atoms with Crippen LogP contribution in [0.25, 0.3) is 5.69 Å². The summed E-state index contributed by atoms with van der Waals surface area (Å²) in [5.74, 6) is -0.482. The van der Waals surface area contributed by atoms with Crippen LogP contribution in [0.2, 0.25) is 0 Å². The van der Waals surface area contributed by atoms with E-state index in [0.717, 1.165) is 21.5 Å². The zero-order chi connectivity index (χ0) is 19.4. The van der Waals surface area contributed by atoms with Crippen LogP contribution in [-0.2, 0) is 9.53 Å². The van der Waals surface area contributed by atoms with E-state index in [9.17, 15) is 9.59 Å². The van der Waals surface area contributed by atoms with Gasteiger partial charge in [0.25, 0.3) is 5.91 Å². The predicted molar refractivity (Wildman–Crippen MR) is 103 cm³/mol. The van der Waals surface area contributed by atoms with Crippen molar-refractivity contribution in [3.05, 3.63) is 45.7 Å². The monoisotopic (exact) mass is 421 g/mol. The third-order valence-electron chi connectivity index (χ3n) is 4.08. The van der Waals surface area contributed by atoms with E-state index < -0.39 is 12.0 Å². The Balaban J connectivity index is 2.17. The van der Waals surface area contributed by atoms with Gasteiger partial charge < -0.3 is 10.1 Å². The minimum absolute atomic E-state index is 0.256. The number of nitrogens with zero attached hydrogens (tertiary/aromatic N) is 2. The predicted octanol–water partition coefficient (Wildman–Crippen LogP) is 3.57. The minimum atomic E-state index is -0.654. The Labute approximate surface area is 162 Å². The van der Waals surface area contributed by atoms with Crippen LogP contribution < -0.4 is 5.32 Å². The van der Waals surface area contributed by atoms with Crippen LogP contribution in [0.3, 0.4) is 0 Å². The van der Waals surface area contributed by atoms with E-state index in [1.54, 1.807) is 12.1 Å². The van der Waals surface area contributed by atoms with Gasteiger partial charge in [0.1, 0.15) is 6.04 Å². The molecule has 2 rings (SSSR count). The highest BCUT2D eigenvalue weighted by molar-refractivity contribution is 9.10. The van der Waals surface area contributed by atoms with Gasteiger partial charge in [-0.15, -0.1) is 0 Å². The molecule has 0 spiro atoms. The van der Waals surface area contributed by atoms with Crippen molar-refractivity contribution in [3.63, 3.8) is 0 Å². The molecule has 1 heterocycles. The smallest absolute Gasteiger partial charge is 0.328 e. The van der Waals surface area contributed by atoms with E-state index in [1.165, 1.54) is 7.11 Å². The van der Waals surface area contributed by atoms with Crippen molar-refractivity contribution >= 4 is 27.8 Å². The molecule has 1 amide bonds. The van der Waals surface area contributed by atoms with Gasteiger partial charge in [-0.2, -0.15) is 5.10 Å². The van der Waals surface area contributed by atoms with E-state index >= 15 is 0 Å². The quantitative estimate of drug-likeness (QED) is 0.723. The number of benzene rings is 1. The van der Waals surface area contributed by atoms with Gasteiger partial charge in [-0.1, -0.05) is 13.8 Å². The summed E-state index contributed by atoms with van der Waals surface area (Å²) in [6, 6.07) is 6.45. The lowest BCUT2D eigenvalue weighted by atomic mass is 10.0. The van der Waals surface area contributed by atoms with E-state index in [4.69, 9.17) is 4.74 Å². The van der Waals surface area contributed by atoms with Crippen molar-refractivity contribution in [2.45, 2.75) is 40.2 Å². The van der Waals surface area contributed by atoms with Crippen LogP contribution in [0.15, 0.2) is 28.7 Å². The second kappa shape index (κ2) is 8.49. The second-order valence-corrected chi connectivity index (χ2v) is 7.42. The van der Waals surface area contributed by atoms with Gasteiger partial charge in [-0.25, -0.2) is 9.48 Å². The van der Waals surface area contributed by atoms with Crippen molar-refractivity contribution in [3.8, 4) is 5.69 Å². The summed E-state index contributed by atoms with van der Waals surface area (Å²) in [6.45, 7) is 7.88. The fourth-order valence-electron chi connectivity index (χ4n) is 2.70. The number of methoxy groups -OCH3 is 1. The third-order valence-corrected chi connectivity index (χ3v) is 5.22. The summed E-state index contributed by atoms with van der Waals surface area (Å²) in [5.41, 5.74) is 3.23. The van der Waals surface area contributed by atoms with E-state index in [-0.39, 0.29) is 11.8 Å². The maximum absolute atomic E-state index is 12.5. The molecule has 0 aliphatic carbocycles. The summed E-state index contributed by atoms with van der Waals surface area (Å²) < 4.78 is 7.57. The Morgan fingerprint density at radius 3 is 2.31 bits per heavy atom. The zero-order valence-corrected chi connectivity index (χ0v) is 17.3. The summed E-state index contributed by atoms with van der Waals surface area (Å²) in [7, 11) is 1.32. The highest BCUT2D eigenvalue weighted by Crippen LogP contribution is 2.23. The first-order chi connectivity index (χ1) is 12.2. The number of hydrogen-bond donors (Lipinski definition) is 1. The molecule has 1 atom stereocenters. The summed E-state index contributed by atoms with van der Waals surface area (Å²) >= 11 is 3.51. The first-order valence-corrected chi connectivity index (χ1v) is 9.24. The number of amides is 1. The number of hydrogen-bond acceptors (Lipinski definition) is 4. The summed E-state index contributed by atoms with van der Waals surface area (Å²) in [6.07, 6.45) is 0.524. The van der Waals surface area contributed by atoms with Gasteiger partial charge in [-0.05, 0) is 66.4 Å². The van der Waals surface area contributed by atoms with Gasteiger partial charge >= 0.3 is 5.97 Å². The highest BCUT2D eigenvalue weighted by atomic mass is 79.9. The molecule has 0 aliphatic heterocycles. The van der Waals surface area contributed by atoms with Crippen LogP contribution in [-0.4, -0.2) is 34.8 Å². The number of halogens is 1. The van der Waals surface area contributed by atoms with E-state index in [1.807, 2.05) is 44.5 Å². The zero-order valence-electron chi connectivity index (χ0n) is 15.7. The number of aryl methyl sites for hydroxylation is 1. The lowest BCUT2D eigenvalue weighted by Crippen LogP contribution is -2.42. The lowest BCUT2D eigenvalue weighted by Gasteiger charge is -2.18. The fraction of sp³-hybridized carbons (Fsp3) is 0.421. The van der Waals surface area contributed by atoms with Gasteiger partial charge in [0.2, 0.25) is 0 Å². The van der Waals surface area contributed by atoms with Gasteiger partial charge in [0, 0.05) is 5.56 Å². The van der Waals surface area contributed by atoms with E-state index in [2.05, 4.69) is 26.3 Å². The maximum Gasteiger partial charge on any atom is 0.328 e. The first kappa shape index (κ1) is 20.2. The number of carbonyl (C=O) groups excluding carboxylic acids is 2. The number of esters is 1. The van der Waals surface area contributed by atoms with Crippen LogP contribution >= 0.6 is 15.9 Å². The fourth-order valence-corrected chi connectivity index (χ4v) is 2.95. The summed E-state index contributed by atoms with van der Waals surface area (Å²) in [4.78, 5) is 24.4. The van der Waals surface area contributed by atoms with Crippen molar-refractivity contribution in [1.82, 2.24) is 15.1 Å². The lowest BCUT2D eigenvalue weighted by molar-refractivity contribution is -0.143. The molecule has 6 nitrogen and oxygen atoms in total. The van der Waals surface area contributed by atoms with Gasteiger partial charge in [0.15, 0.2) is 0 Å². The number of rotatable bonds is 6. The molecular formula is C19H24BrN3O3. The summed E-state index contributed by atoms with van der Waals surface area (Å²) in [5, 5.41) is 7.23. The standard InChI is InChI=1S/C19H24BrN3O3/c1-11(2)10-16(19(25)26-5)21-18(24)14-6-8-15(9-7-14)23-13(4)17(20)12(3)22-23/h6-9,11,16H,10H2,1-5H3,(H,21,24). The van der Waals surface area contributed by atoms with Crippen LogP contribution in [0.4, 0.5) is 0 Å². The third kappa shape index (κ3) is 4.52. The minimum Gasteiger partial charge on any atom is -0.467 e. The van der Waals surface area contributed by atoms with Crippen LogP contribution in [0, 0.1) is 19.8 Å². The Kier molecular flexibility index (Phi) is 6.58. The average Bonchev–Trinajstić information content (AvgIpc) is 2.87. The number of nitrogens with one attached hydrogen (secondary N) is 1. The topological polar surface area (TPSA) is 73.2 Å². The molecule has 1 unspecified atom stereocenters. The molecule has 7 heteroatoms. The molecule has 2 aromatic rings. The molecule has 0 fully saturated rings. The molecule has 1 N–H and O–H groups in total. The average molecular weight is 422 g/mol. The van der Waals surface area contributed by atoms with Crippen LogP contribution in [0.1, 0.15) is 42.0 Å². The normalized spacial score (nSPS) is 12.1. The molecule has 0 bridgehead atoms. The number of aromatic nitrogens is 2. The van der Waals surface area contributed by atoms with Gasteiger partial charge in [0.05, 0.1) is 28.7 Å². The Bertz CT molecular complexity index is 797. The first-order valence-electron chi connectivity index (χ1n) is 8.45. The molecule has 1 aromatic heterocycles. The maximum atomic E-state index is 12.5. The molecule has 0 radical (unpaired) electrons. The van der Waals surface area contributed by atoms with Crippen molar-refractivity contribution in [1.29, 1.82) is 0 Å².